The summed E-state index contributed by atoms with van der Waals surface area (Å²) in [5.41, 5.74) is -3.41. The Bertz CT molecular complexity index is 546. The van der Waals surface area contributed by atoms with Gasteiger partial charge in [0, 0.05) is 11.1 Å². The Hall–Kier alpha value is -1.87. The number of ketones is 1. The van der Waals surface area contributed by atoms with E-state index in [9.17, 15) is 22.8 Å². The molecule has 1 aromatic rings. The SMILES string of the molecule is N#Cc1ccc(C(=O)CCl)c(C(F)(F)F)c1C=O. The number of carbonyl (C=O) groups excluding carboxylic acids is 2. The van der Waals surface area contributed by atoms with Crippen LogP contribution in [-0.4, -0.2) is 17.9 Å². The number of Topliss-reactive ketones (excluding diaryl/α,β-unsaturated/α-hetero) is 1. The van der Waals surface area contributed by atoms with Crippen molar-refractivity contribution in [1.82, 2.24) is 0 Å². The molecule has 7 heteroatoms. The molecule has 1 aromatic carbocycles. The third-order valence-corrected chi connectivity index (χ3v) is 2.43. The number of nitrogens with zero attached hydrogens (tertiary/aromatic N) is 1. The van der Waals surface area contributed by atoms with Crippen molar-refractivity contribution in [2.24, 2.45) is 0 Å². The second-order valence-electron chi connectivity index (χ2n) is 3.23. The van der Waals surface area contributed by atoms with Gasteiger partial charge >= 0.3 is 6.18 Å². The lowest BCUT2D eigenvalue weighted by Crippen LogP contribution is -2.18. The van der Waals surface area contributed by atoms with Crippen LogP contribution >= 0.6 is 11.6 Å². The summed E-state index contributed by atoms with van der Waals surface area (Å²) in [6.07, 6.45) is -5.01. The first-order chi connectivity index (χ1) is 8.36. The Morgan fingerprint density at radius 1 is 1.44 bits per heavy atom. The standard InChI is InChI=1S/C11H5ClF3NO2/c12-3-9(18)7-2-1-6(4-16)8(5-17)10(7)11(13,14)15/h1-2,5H,3H2. The summed E-state index contributed by atoms with van der Waals surface area (Å²) in [5, 5.41) is 8.64. The molecular formula is C11H5ClF3NO2. The van der Waals surface area contributed by atoms with Gasteiger partial charge in [0.05, 0.1) is 23.1 Å². The predicted octanol–water partition coefficient (Wildman–Crippen LogP) is 2.81. The summed E-state index contributed by atoms with van der Waals surface area (Å²) in [7, 11) is 0. The van der Waals surface area contributed by atoms with Crippen molar-refractivity contribution in [3.8, 4) is 6.07 Å². The number of nitriles is 1. The monoisotopic (exact) mass is 275 g/mol. The first kappa shape index (κ1) is 14.2. The molecule has 0 aliphatic carbocycles. The fourth-order valence-electron chi connectivity index (χ4n) is 1.45. The fraction of sp³-hybridized carbons (Fsp3) is 0.182. The second-order valence-corrected chi connectivity index (χ2v) is 3.50. The lowest BCUT2D eigenvalue weighted by Gasteiger charge is -2.14. The van der Waals surface area contributed by atoms with E-state index >= 15 is 0 Å². The second kappa shape index (κ2) is 5.19. The van der Waals surface area contributed by atoms with Crippen molar-refractivity contribution in [3.63, 3.8) is 0 Å². The Morgan fingerprint density at radius 3 is 2.44 bits per heavy atom. The van der Waals surface area contributed by atoms with Crippen molar-refractivity contribution in [1.29, 1.82) is 5.26 Å². The van der Waals surface area contributed by atoms with Crippen molar-refractivity contribution in [3.05, 3.63) is 34.4 Å². The van der Waals surface area contributed by atoms with Crippen molar-refractivity contribution < 1.29 is 22.8 Å². The molecular weight excluding hydrogens is 271 g/mol. The maximum atomic E-state index is 12.8. The summed E-state index contributed by atoms with van der Waals surface area (Å²) in [6, 6.07) is 3.30. The quantitative estimate of drug-likeness (QED) is 0.484. The van der Waals surface area contributed by atoms with E-state index in [1.807, 2.05) is 0 Å². The molecule has 0 heterocycles. The maximum Gasteiger partial charge on any atom is 0.417 e. The number of hydrogen-bond donors (Lipinski definition) is 0. The van der Waals surface area contributed by atoms with Crippen LogP contribution in [0.5, 0.6) is 0 Å². The van der Waals surface area contributed by atoms with Crippen LogP contribution < -0.4 is 0 Å². The third kappa shape index (κ3) is 2.51. The molecule has 0 unspecified atom stereocenters. The van der Waals surface area contributed by atoms with E-state index in [1.54, 1.807) is 0 Å². The average Bonchev–Trinajstić information content (AvgIpc) is 2.34. The van der Waals surface area contributed by atoms with E-state index in [1.165, 1.54) is 6.07 Å². The highest BCUT2D eigenvalue weighted by Gasteiger charge is 2.38. The van der Waals surface area contributed by atoms with Crippen LogP contribution in [0.1, 0.15) is 31.8 Å². The maximum absolute atomic E-state index is 12.8. The van der Waals surface area contributed by atoms with Gasteiger partial charge in [0.1, 0.15) is 0 Å². The minimum atomic E-state index is -4.92. The van der Waals surface area contributed by atoms with Crippen LogP contribution in [0.4, 0.5) is 13.2 Å². The minimum Gasteiger partial charge on any atom is -0.298 e. The molecule has 0 aliphatic heterocycles. The largest absolute Gasteiger partial charge is 0.417 e. The molecule has 0 N–H and O–H groups in total. The molecule has 18 heavy (non-hydrogen) atoms. The highest BCUT2D eigenvalue weighted by Crippen LogP contribution is 2.35. The molecule has 0 atom stereocenters. The predicted molar refractivity (Wildman–Crippen MR) is 56.6 cm³/mol. The van der Waals surface area contributed by atoms with E-state index in [-0.39, 0.29) is 6.29 Å². The fourth-order valence-corrected chi connectivity index (χ4v) is 1.59. The number of benzene rings is 1. The van der Waals surface area contributed by atoms with Gasteiger partial charge in [-0.3, -0.25) is 9.59 Å². The van der Waals surface area contributed by atoms with Crippen LogP contribution in [-0.2, 0) is 6.18 Å². The summed E-state index contributed by atoms with van der Waals surface area (Å²) in [4.78, 5) is 22.0. The van der Waals surface area contributed by atoms with Gasteiger partial charge in [-0.05, 0) is 12.1 Å². The van der Waals surface area contributed by atoms with E-state index in [0.717, 1.165) is 12.1 Å². The van der Waals surface area contributed by atoms with Crippen LogP contribution in [0, 0.1) is 11.3 Å². The lowest BCUT2D eigenvalue weighted by atomic mass is 9.94. The molecule has 0 saturated carbocycles. The first-order valence-electron chi connectivity index (χ1n) is 4.55. The molecule has 0 radical (unpaired) electrons. The molecule has 0 amide bonds. The molecule has 0 aliphatic rings. The van der Waals surface area contributed by atoms with E-state index in [0.29, 0.717) is 0 Å². The van der Waals surface area contributed by atoms with Gasteiger partial charge in [0.25, 0.3) is 0 Å². The number of halogens is 4. The van der Waals surface area contributed by atoms with E-state index in [4.69, 9.17) is 16.9 Å². The minimum absolute atomic E-state index is 0.0909. The number of aldehydes is 1. The van der Waals surface area contributed by atoms with E-state index < -0.39 is 40.1 Å². The molecule has 0 bridgehead atoms. The van der Waals surface area contributed by atoms with Gasteiger partial charge < -0.3 is 0 Å². The summed E-state index contributed by atoms with van der Waals surface area (Å²) < 4.78 is 38.5. The Kier molecular flexibility index (Phi) is 4.09. The van der Waals surface area contributed by atoms with Gasteiger partial charge in [-0.2, -0.15) is 18.4 Å². The number of rotatable bonds is 3. The normalized spacial score (nSPS) is 10.8. The van der Waals surface area contributed by atoms with Gasteiger partial charge in [0.15, 0.2) is 12.1 Å². The molecule has 94 valence electrons. The van der Waals surface area contributed by atoms with Crippen LogP contribution in [0.25, 0.3) is 0 Å². The highest BCUT2D eigenvalue weighted by atomic mass is 35.5. The van der Waals surface area contributed by atoms with Crippen LogP contribution in [0.3, 0.4) is 0 Å². The Morgan fingerprint density at radius 2 is 2.06 bits per heavy atom. The van der Waals surface area contributed by atoms with Gasteiger partial charge in [0.2, 0.25) is 0 Å². The molecule has 1 rings (SSSR count). The number of hydrogen-bond acceptors (Lipinski definition) is 3. The van der Waals surface area contributed by atoms with Gasteiger partial charge in [-0.15, -0.1) is 11.6 Å². The zero-order valence-electron chi connectivity index (χ0n) is 8.71. The molecule has 0 saturated heterocycles. The first-order valence-corrected chi connectivity index (χ1v) is 5.09. The van der Waals surface area contributed by atoms with Crippen LogP contribution in [0.2, 0.25) is 0 Å². The Balaban J connectivity index is 3.72. The molecule has 0 spiro atoms. The summed E-state index contributed by atoms with van der Waals surface area (Å²) >= 11 is 5.21. The van der Waals surface area contributed by atoms with Crippen LogP contribution in [0.15, 0.2) is 12.1 Å². The topological polar surface area (TPSA) is 57.9 Å². The molecule has 0 aromatic heterocycles. The molecule has 3 nitrogen and oxygen atoms in total. The van der Waals surface area contributed by atoms with Gasteiger partial charge in [-0.25, -0.2) is 0 Å². The Labute approximate surface area is 105 Å². The third-order valence-electron chi connectivity index (χ3n) is 2.19. The summed E-state index contributed by atoms with van der Waals surface area (Å²) in [6.45, 7) is 0. The van der Waals surface area contributed by atoms with Crippen molar-refractivity contribution in [2.75, 3.05) is 5.88 Å². The smallest absolute Gasteiger partial charge is 0.298 e. The van der Waals surface area contributed by atoms with Crippen molar-refractivity contribution >= 4 is 23.7 Å². The zero-order valence-corrected chi connectivity index (χ0v) is 9.47. The highest BCUT2D eigenvalue weighted by molar-refractivity contribution is 6.30. The lowest BCUT2D eigenvalue weighted by molar-refractivity contribution is -0.138. The number of alkyl halides is 4. The number of carbonyl (C=O) groups is 2. The van der Waals surface area contributed by atoms with Crippen molar-refractivity contribution in [2.45, 2.75) is 6.18 Å². The zero-order chi connectivity index (χ0) is 13.9. The summed E-state index contributed by atoms with van der Waals surface area (Å²) in [5.74, 6) is -1.61. The van der Waals surface area contributed by atoms with E-state index in [2.05, 4.69) is 0 Å². The van der Waals surface area contributed by atoms with Gasteiger partial charge in [-0.1, -0.05) is 0 Å². The molecule has 0 fully saturated rings. The average molecular weight is 276 g/mol.